The summed E-state index contributed by atoms with van der Waals surface area (Å²) in [5, 5.41) is 12.0. The van der Waals surface area contributed by atoms with Crippen molar-refractivity contribution in [2.45, 2.75) is 26.4 Å². The SMILES string of the molecule is COc1ccccc1OC(C)CNC(=O)N1CC(C)CC(C(=O)O)C1. The fraction of sp³-hybridized carbons (Fsp3) is 0.556. The lowest BCUT2D eigenvalue weighted by Crippen LogP contribution is -2.50. The van der Waals surface area contributed by atoms with Crippen LogP contribution in [0.5, 0.6) is 11.5 Å². The number of likely N-dealkylation sites (tertiary alicyclic amines) is 1. The van der Waals surface area contributed by atoms with E-state index < -0.39 is 11.9 Å². The third-order valence-electron chi connectivity index (χ3n) is 4.23. The van der Waals surface area contributed by atoms with Crippen molar-refractivity contribution in [3.8, 4) is 11.5 Å². The van der Waals surface area contributed by atoms with Crippen LogP contribution >= 0.6 is 0 Å². The summed E-state index contributed by atoms with van der Waals surface area (Å²) in [5.41, 5.74) is 0. The van der Waals surface area contributed by atoms with Crippen LogP contribution in [0.25, 0.3) is 0 Å². The van der Waals surface area contributed by atoms with E-state index in [1.54, 1.807) is 18.1 Å². The fourth-order valence-corrected chi connectivity index (χ4v) is 3.01. The van der Waals surface area contributed by atoms with Crippen LogP contribution in [0.4, 0.5) is 4.79 Å². The van der Waals surface area contributed by atoms with E-state index >= 15 is 0 Å². The molecular weight excluding hydrogens is 324 g/mol. The predicted molar refractivity (Wildman–Crippen MR) is 93.0 cm³/mol. The molecular formula is C18H26N2O5. The summed E-state index contributed by atoms with van der Waals surface area (Å²) in [6, 6.07) is 7.06. The Morgan fingerprint density at radius 1 is 1.32 bits per heavy atom. The minimum absolute atomic E-state index is 0.169. The van der Waals surface area contributed by atoms with Gasteiger partial charge in [0.15, 0.2) is 11.5 Å². The molecule has 25 heavy (non-hydrogen) atoms. The largest absolute Gasteiger partial charge is 0.493 e. The molecule has 1 aromatic carbocycles. The summed E-state index contributed by atoms with van der Waals surface area (Å²) in [7, 11) is 1.57. The number of carboxylic acids is 1. The maximum atomic E-state index is 12.3. The van der Waals surface area contributed by atoms with Crippen LogP contribution < -0.4 is 14.8 Å². The van der Waals surface area contributed by atoms with E-state index in [2.05, 4.69) is 5.32 Å². The van der Waals surface area contributed by atoms with Gasteiger partial charge in [0.1, 0.15) is 6.10 Å². The minimum Gasteiger partial charge on any atom is -0.493 e. The number of hydrogen-bond donors (Lipinski definition) is 2. The molecule has 1 fully saturated rings. The van der Waals surface area contributed by atoms with Gasteiger partial charge in [-0.3, -0.25) is 4.79 Å². The number of nitrogens with zero attached hydrogens (tertiary/aromatic N) is 1. The third-order valence-corrected chi connectivity index (χ3v) is 4.23. The number of rotatable bonds is 6. The predicted octanol–water partition coefficient (Wildman–Crippen LogP) is 2.21. The summed E-state index contributed by atoms with van der Waals surface area (Å²) < 4.78 is 11.0. The van der Waals surface area contributed by atoms with Gasteiger partial charge < -0.3 is 24.8 Å². The van der Waals surface area contributed by atoms with Crippen LogP contribution in [0.3, 0.4) is 0 Å². The second-order valence-electron chi connectivity index (χ2n) is 6.55. The molecule has 7 heteroatoms. The van der Waals surface area contributed by atoms with Crippen molar-refractivity contribution < 1.29 is 24.2 Å². The summed E-state index contributed by atoms with van der Waals surface area (Å²) >= 11 is 0. The van der Waals surface area contributed by atoms with Crippen LogP contribution in [0.15, 0.2) is 24.3 Å². The molecule has 0 saturated carbocycles. The zero-order valence-electron chi connectivity index (χ0n) is 14.9. The monoisotopic (exact) mass is 350 g/mol. The van der Waals surface area contributed by atoms with E-state index in [4.69, 9.17) is 9.47 Å². The van der Waals surface area contributed by atoms with Gasteiger partial charge in [-0.05, 0) is 31.4 Å². The topological polar surface area (TPSA) is 88.1 Å². The molecule has 0 aromatic heterocycles. The Bertz CT molecular complexity index is 607. The Morgan fingerprint density at radius 3 is 2.64 bits per heavy atom. The molecule has 2 rings (SSSR count). The van der Waals surface area contributed by atoms with Gasteiger partial charge in [-0.15, -0.1) is 0 Å². The molecule has 3 atom stereocenters. The zero-order chi connectivity index (χ0) is 18.4. The average Bonchev–Trinajstić information content (AvgIpc) is 2.59. The summed E-state index contributed by atoms with van der Waals surface area (Å²) in [5.74, 6) is 0.0657. The minimum atomic E-state index is -0.850. The lowest BCUT2D eigenvalue weighted by atomic mass is 9.91. The van der Waals surface area contributed by atoms with Gasteiger partial charge in [0.05, 0.1) is 19.6 Å². The Morgan fingerprint density at radius 2 is 2.00 bits per heavy atom. The lowest BCUT2D eigenvalue weighted by molar-refractivity contribution is -0.143. The second kappa shape index (κ2) is 8.60. The number of methoxy groups -OCH3 is 1. The van der Waals surface area contributed by atoms with Gasteiger partial charge in [0.2, 0.25) is 0 Å². The van der Waals surface area contributed by atoms with E-state index in [0.717, 1.165) is 0 Å². The van der Waals surface area contributed by atoms with E-state index in [1.807, 2.05) is 32.0 Å². The first-order valence-corrected chi connectivity index (χ1v) is 8.46. The molecule has 138 valence electrons. The maximum Gasteiger partial charge on any atom is 0.317 e. The normalized spacial score (nSPS) is 21.3. The van der Waals surface area contributed by atoms with Crippen molar-refractivity contribution in [3.05, 3.63) is 24.3 Å². The molecule has 2 amide bonds. The molecule has 0 aliphatic carbocycles. The van der Waals surface area contributed by atoms with Crippen molar-refractivity contribution in [3.63, 3.8) is 0 Å². The van der Waals surface area contributed by atoms with E-state index in [9.17, 15) is 14.7 Å². The summed E-state index contributed by atoms with van der Waals surface area (Å²) in [6.45, 7) is 4.94. The molecule has 0 bridgehead atoms. The first-order chi connectivity index (χ1) is 11.9. The molecule has 1 aliphatic heterocycles. The number of ether oxygens (including phenoxy) is 2. The molecule has 0 radical (unpaired) electrons. The molecule has 3 unspecified atom stereocenters. The number of benzene rings is 1. The number of piperidine rings is 1. The van der Waals surface area contributed by atoms with E-state index in [0.29, 0.717) is 31.0 Å². The molecule has 2 N–H and O–H groups in total. The van der Waals surface area contributed by atoms with Crippen molar-refractivity contribution in [1.29, 1.82) is 0 Å². The Labute approximate surface area is 147 Å². The number of carbonyl (C=O) groups excluding carboxylic acids is 1. The fourth-order valence-electron chi connectivity index (χ4n) is 3.01. The number of amides is 2. The highest BCUT2D eigenvalue weighted by Gasteiger charge is 2.31. The second-order valence-corrected chi connectivity index (χ2v) is 6.55. The number of aliphatic carboxylic acids is 1. The van der Waals surface area contributed by atoms with Gasteiger partial charge >= 0.3 is 12.0 Å². The molecule has 0 spiro atoms. The standard InChI is InChI=1S/C18H26N2O5/c1-12-8-14(17(21)22)11-20(10-12)18(23)19-9-13(2)25-16-7-5-4-6-15(16)24-3/h4-7,12-14H,8-11H2,1-3H3,(H,19,23)(H,21,22). The smallest absolute Gasteiger partial charge is 0.317 e. The molecule has 1 saturated heterocycles. The van der Waals surface area contributed by atoms with Crippen molar-refractivity contribution in [2.24, 2.45) is 11.8 Å². The van der Waals surface area contributed by atoms with Gasteiger partial charge in [0, 0.05) is 13.1 Å². The van der Waals surface area contributed by atoms with Gasteiger partial charge in [-0.25, -0.2) is 4.79 Å². The Balaban J connectivity index is 1.85. The third kappa shape index (κ3) is 5.27. The maximum absolute atomic E-state index is 12.3. The highest BCUT2D eigenvalue weighted by Crippen LogP contribution is 2.26. The molecule has 7 nitrogen and oxygen atoms in total. The van der Waals surface area contributed by atoms with Crippen LogP contribution in [-0.4, -0.2) is 54.9 Å². The first kappa shape index (κ1) is 18.9. The zero-order valence-corrected chi connectivity index (χ0v) is 14.9. The van der Waals surface area contributed by atoms with Gasteiger partial charge in [-0.2, -0.15) is 0 Å². The van der Waals surface area contributed by atoms with Crippen molar-refractivity contribution in [1.82, 2.24) is 10.2 Å². The van der Waals surface area contributed by atoms with Crippen LogP contribution in [-0.2, 0) is 4.79 Å². The van der Waals surface area contributed by atoms with Crippen LogP contribution in [0.1, 0.15) is 20.3 Å². The number of nitrogens with one attached hydrogen (secondary N) is 1. The van der Waals surface area contributed by atoms with Crippen molar-refractivity contribution in [2.75, 3.05) is 26.7 Å². The summed E-state index contributed by atoms with van der Waals surface area (Å²) in [6.07, 6.45) is 0.352. The number of hydrogen-bond acceptors (Lipinski definition) is 4. The van der Waals surface area contributed by atoms with Crippen molar-refractivity contribution >= 4 is 12.0 Å². The number of carbonyl (C=O) groups is 2. The molecule has 1 aliphatic rings. The Hall–Kier alpha value is -2.44. The molecule has 1 aromatic rings. The highest BCUT2D eigenvalue weighted by atomic mass is 16.5. The van der Waals surface area contributed by atoms with Crippen LogP contribution in [0, 0.1) is 11.8 Å². The van der Waals surface area contributed by atoms with Gasteiger partial charge in [0.25, 0.3) is 0 Å². The highest BCUT2D eigenvalue weighted by molar-refractivity contribution is 5.76. The van der Waals surface area contributed by atoms with Gasteiger partial charge in [-0.1, -0.05) is 19.1 Å². The lowest BCUT2D eigenvalue weighted by Gasteiger charge is -2.34. The summed E-state index contributed by atoms with van der Waals surface area (Å²) in [4.78, 5) is 25.1. The number of carboxylic acid groups (broad SMARTS) is 1. The number of urea groups is 1. The van der Waals surface area contributed by atoms with Crippen LogP contribution in [0.2, 0.25) is 0 Å². The number of para-hydroxylation sites is 2. The Kier molecular flexibility index (Phi) is 6.50. The molecule has 1 heterocycles. The quantitative estimate of drug-likeness (QED) is 0.821. The average molecular weight is 350 g/mol. The first-order valence-electron chi connectivity index (χ1n) is 8.46. The van der Waals surface area contributed by atoms with E-state index in [1.165, 1.54) is 0 Å². The van der Waals surface area contributed by atoms with E-state index in [-0.39, 0.29) is 24.6 Å².